The topological polar surface area (TPSA) is 84.2 Å². The van der Waals surface area contributed by atoms with E-state index in [1.54, 1.807) is 14.0 Å². The number of piperidine rings is 1. The number of rotatable bonds is 3. The van der Waals surface area contributed by atoms with Gasteiger partial charge in [0.25, 0.3) is 0 Å². The van der Waals surface area contributed by atoms with E-state index in [1.807, 2.05) is 4.90 Å². The molecule has 0 bridgehead atoms. The van der Waals surface area contributed by atoms with Crippen LogP contribution in [0.3, 0.4) is 0 Å². The monoisotopic (exact) mass is 279 g/mol. The van der Waals surface area contributed by atoms with Gasteiger partial charge in [0.05, 0.1) is 4.92 Å². The van der Waals surface area contributed by atoms with Crippen LogP contribution in [0.2, 0.25) is 0 Å². The third-order valence-electron chi connectivity index (χ3n) is 3.86. The molecule has 0 spiro atoms. The number of nitrogens with one attached hydrogen (secondary N) is 1. The molecule has 0 radical (unpaired) electrons. The fourth-order valence-electron chi connectivity index (χ4n) is 2.42. The van der Waals surface area contributed by atoms with E-state index in [0.717, 1.165) is 25.9 Å². The van der Waals surface area contributed by atoms with Crippen LogP contribution < -0.4 is 10.2 Å². The van der Waals surface area contributed by atoms with E-state index >= 15 is 0 Å². The molecule has 0 saturated carbocycles. The van der Waals surface area contributed by atoms with E-state index in [2.05, 4.69) is 29.1 Å². The van der Waals surface area contributed by atoms with Gasteiger partial charge in [-0.15, -0.1) is 0 Å². The number of anilines is 2. The Bertz CT molecular complexity index is 520. The van der Waals surface area contributed by atoms with Crippen molar-refractivity contribution in [2.24, 2.45) is 5.41 Å². The molecule has 7 heteroatoms. The summed E-state index contributed by atoms with van der Waals surface area (Å²) in [5.41, 5.74) is 0.706. The molecule has 1 aromatic rings. The van der Waals surface area contributed by atoms with Crippen LogP contribution in [-0.2, 0) is 0 Å². The van der Waals surface area contributed by atoms with Crippen LogP contribution in [0.15, 0.2) is 0 Å². The fourth-order valence-corrected chi connectivity index (χ4v) is 2.42. The molecule has 0 amide bonds. The predicted octanol–water partition coefficient (Wildman–Crippen LogP) is 2.36. The molecular formula is C13H21N5O2. The molecule has 1 aromatic heterocycles. The minimum Gasteiger partial charge on any atom is -0.357 e. The molecule has 2 rings (SSSR count). The van der Waals surface area contributed by atoms with Crippen molar-refractivity contribution < 1.29 is 4.92 Å². The standard InChI is InChI=1S/C13H21N5O2/c1-9-10(18(19)20)11(16-12(14-4)15-9)17-7-5-13(2,3)6-8-17/h5-8H2,1-4H3,(H,14,15,16). The number of aromatic nitrogens is 2. The molecule has 110 valence electrons. The van der Waals surface area contributed by atoms with E-state index in [4.69, 9.17) is 0 Å². The number of nitro groups is 1. The molecule has 2 heterocycles. The first-order valence-corrected chi connectivity index (χ1v) is 6.80. The SMILES string of the molecule is CNc1nc(C)c([N+](=O)[O-])c(N2CCC(C)(C)CC2)n1. The Labute approximate surface area is 118 Å². The summed E-state index contributed by atoms with van der Waals surface area (Å²) in [6, 6.07) is 0. The van der Waals surface area contributed by atoms with Gasteiger partial charge in [-0.2, -0.15) is 4.98 Å². The van der Waals surface area contributed by atoms with Gasteiger partial charge >= 0.3 is 5.69 Å². The summed E-state index contributed by atoms with van der Waals surface area (Å²) >= 11 is 0. The van der Waals surface area contributed by atoms with E-state index < -0.39 is 0 Å². The van der Waals surface area contributed by atoms with E-state index in [9.17, 15) is 10.1 Å². The maximum atomic E-state index is 11.3. The zero-order valence-corrected chi connectivity index (χ0v) is 12.4. The van der Waals surface area contributed by atoms with Crippen LogP contribution in [-0.4, -0.2) is 35.0 Å². The van der Waals surface area contributed by atoms with Crippen LogP contribution in [0.5, 0.6) is 0 Å². The molecule has 1 aliphatic heterocycles. The maximum absolute atomic E-state index is 11.3. The zero-order valence-electron chi connectivity index (χ0n) is 12.4. The highest BCUT2D eigenvalue weighted by Gasteiger charge is 2.31. The average molecular weight is 279 g/mol. The number of nitrogens with zero attached hydrogens (tertiary/aromatic N) is 4. The van der Waals surface area contributed by atoms with E-state index in [0.29, 0.717) is 22.9 Å². The van der Waals surface area contributed by atoms with Crippen molar-refractivity contribution >= 4 is 17.5 Å². The molecule has 0 aliphatic carbocycles. The number of hydrogen-bond donors (Lipinski definition) is 1. The Morgan fingerprint density at radius 3 is 2.40 bits per heavy atom. The van der Waals surface area contributed by atoms with Gasteiger partial charge in [-0.05, 0) is 25.2 Å². The Kier molecular flexibility index (Phi) is 3.78. The molecule has 20 heavy (non-hydrogen) atoms. The molecule has 1 fully saturated rings. The lowest BCUT2D eigenvalue weighted by Gasteiger charge is -2.37. The van der Waals surface area contributed by atoms with Crippen LogP contribution in [0, 0.1) is 22.5 Å². The normalized spacial score (nSPS) is 17.9. The molecule has 0 atom stereocenters. The summed E-state index contributed by atoms with van der Waals surface area (Å²) in [5, 5.41) is 14.1. The van der Waals surface area contributed by atoms with Crippen molar-refractivity contribution in [2.75, 3.05) is 30.4 Å². The second-order valence-corrected chi connectivity index (χ2v) is 5.96. The van der Waals surface area contributed by atoms with Gasteiger partial charge in [-0.25, -0.2) is 4.98 Å². The minimum absolute atomic E-state index is 0.0173. The molecule has 1 saturated heterocycles. The van der Waals surface area contributed by atoms with Gasteiger partial charge in [0.15, 0.2) is 0 Å². The lowest BCUT2D eigenvalue weighted by atomic mass is 9.82. The Morgan fingerprint density at radius 1 is 1.30 bits per heavy atom. The van der Waals surface area contributed by atoms with Crippen molar-refractivity contribution in [3.05, 3.63) is 15.8 Å². The highest BCUT2D eigenvalue weighted by atomic mass is 16.6. The highest BCUT2D eigenvalue weighted by molar-refractivity contribution is 5.62. The Morgan fingerprint density at radius 2 is 1.90 bits per heavy atom. The van der Waals surface area contributed by atoms with Crippen LogP contribution in [0.4, 0.5) is 17.5 Å². The third-order valence-corrected chi connectivity index (χ3v) is 3.86. The first-order chi connectivity index (χ1) is 9.34. The van der Waals surface area contributed by atoms with Crippen LogP contribution in [0.1, 0.15) is 32.4 Å². The summed E-state index contributed by atoms with van der Waals surface area (Å²) in [6.45, 7) is 7.67. The van der Waals surface area contributed by atoms with Gasteiger partial charge in [0.2, 0.25) is 11.8 Å². The van der Waals surface area contributed by atoms with Gasteiger partial charge in [-0.1, -0.05) is 13.8 Å². The maximum Gasteiger partial charge on any atom is 0.332 e. The lowest BCUT2D eigenvalue weighted by molar-refractivity contribution is -0.385. The molecule has 7 nitrogen and oxygen atoms in total. The Balaban J connectivity index is 2.39. The molecule has 0 aromatic carbocycles. The zero-order chi connectivity index (χ0) is 14.9. The fraction of sp³-hybridized carbons (Fsp3) is 0.692. The van der Waals surface area contributed by atoms with Crippen LogP contribution >= 0.6 is 0 Å². The number of aryl methyl sites for hydroxylation is 1. The highest BCUT2D eigenvalue weighted by Crippen LogP contribution is 2.36. The van der Waals surface area contributed by atoms with E-state index in [1.165, 1.54) is 0 Å². The second kappa shape index (κ2) is 5.22. The van der Waals surface area contributed by atoms with Crippen molar-refractivity contribution in [1.82, 2.24) is 9.97 Å². The second-order valence-electron chi connectivity index (χ2n) is 5.96. The van der Waals surface area contributed by atoms with Gasteiger partial charge in [-0.3, -0.25) is 10.1 Å². The minimum atomic E-state index is -0.385. The summed E-state index contributed by atoms with van der Waals surface area (Å²) in [6.07, 6.45) is 2.00. The molecule has 1 aliphatic rings. The summed E-state index contributed by atoms with van der Waals surface area (Å²) < 4.78 is 0. The quantitative estimate of drug-likeness (QED) is 0.675. The van der Waals surface area contributed by atoms with Gasteiger partial charge in [0, 0.05) is 20.1 Å². The summed E-state index contributed by atoms with van der Waals surface area (Å²) in [5.74, 6) is 0.857. The summed E-state index contributed by atoms with van der Waals surface area (Å²) in [4.78, 5) is 21.3. The van der Waals surface area contributed by atoms with Crippen LogP contribution in [0.25, 0.3) is 0 Å². The predicted molar refractivity (Wildman–Crippen MR) is 78.2 cm³/mol. The number of hydrogen-bond acceptors (Lipinski definition) is 6. The van der Waals surface area contributed by atoms with E-state index in [-0.39, 0.29) is 10.6 Å². The largest absolute Gasteiger partial charge is 0.357 e. The van der Waals surface area contributed by atoms with Gasteiger partial charge < -0.3 is 10.2 Å². The summed E-state index contributed by atoms with van der Waals surface area (Å²) in [7, 11) is 1.71. The molecule has 0 unspecified atom stereocenters. The van der Waals surface area contributed by atoms with Crippen molar-refractivity contribution in [2.45, 2.75) is 33.6 Å². The van der Waals surface area contributed by atoms with Crippen molar-refractivity contribution in [1.29, 1.82) is 0 Å². The third kappa shape index (κ3) is 2.81. The van der Waals surface area contributed by atoms with Crippen molar-refractivity contribution in [3.63, 3.8) is 0 Å². The first-order valence-electron chi connectivity index (χ1n) is 6.80. The first kappa shape index (κ1) is 14.5. The molecule has 1 N–H and O–H groups in total. The smallest absolute Gasteiger partial charge is 0.332 e. The van der Waals surface area contributed by atoms with Gasteiger partial charge in [0.1, 0.15) is 5.69 Å². The average Bonchev–Trinajstić information content (AvgIpc) is 2.37. The lowest BCUT2D eigenvalue weighted by Crippen LogP contribution is -2.38. The van der Waals surface area contributed by atoms with Crippen molar-refractivity contribution in [3.8, 4) is 0 Å². The Hall–Kier alpha value is -1.92. The molecular weight excluding hydrogens is 258 g/mol.